The fourth-order valence-corrected chi connectivity index (χ4v) is 1.16. The molecular formula is C12H13FO2. The van der Waals surface area contributed by atoms with Crippen molar-refractivity contribution in [2.45, 2.75) is 13.3 Å². The summed E-state index contributed by atoms with van der Waals surface area (Å²) < 4.78 is 17.4. The summed E-state index contributed by atoms with van der Waals surface area (Å²) in [6.07, 6.45) is 3.58. The summed E-state index contributed by atoms with van der Waals surface area (Å²) in [7, 11) is 1.34. The first kappa shape index (κ1) is 11.4. The molecular weight excluding hydrogens is 195 g/mol. The molecule has 0 aliphatic carbocycles. The van der Waals surface area contributed by atoms with E-state index in [1.807, 2.05) is 6.92 Å². The molecule has 0 fully saturated rings. The number of carbonyl (C=O) groups is 1. The van der Waals surface area contributed by atoms with Crippen LogP contribution in [0.5, 0.6) is 0 Å². The molecule has 3 heteroatoms. The van der Waals surface area contributed by atoms with E-state index in [-0.39, 0.29) is 18.2 Å². The third-order valence-corrected chi connectivity index (χ3v) is 2.05. The Morgan fingerprint density at radius 3 is 2.93 bits per heavy atom. The lowest BCUT2D eigenvalue weighted by Crippen LogP contribution is -1.96. The van der Waals surface area contributed by atoms with Crippen molar-refractivity contribution in [1.82, 2.24) is 0 Å². The predicted molar refractivity (Wildman–Crippen MR) is 56.8 cm³/mol. The summed E-state index contributed by atoms with van der Waals surface area (Å²) in [4.78, 5) is 10.8. The van der Waals surface area contributed by atoms with Crippen LogP contribution in [-0.4, -0.2) is 13.1 Å². The van der Waals surface area contributed by atoms with Crippen LogP contribution in [0, 0.1) is 12.7 Å². The zero-order chi connectivity index (χ0) is 11.3. The number of hydrogen-bond donors (Lipinski definition) is 0. The number of rotatable bonds is 3. The van der Waals surface area contributed by atoms with Gasteiger partial charge < -0.3 is 4.74 Å². The molecule has 0 unspecified atom stereocenters. The van der Waals surface area contributed by atoms with Crippen LogP contribution < -0.4 is 0 Å². The molecule has 0 aliphatic heterocycles. The fourth-order valence-electron chi connectivity index (χ4n) is 1.16. The summed E-state index contributed by atoms with van der Waals surface area (Å²) in [5.41, 5.74) is 1.75. The average Bonchev–Trinajstić information content (AvgIpc) is 2.23. The second-order valence-corrected chi connectivity index (χ2v) is 3.18. The van der Waals surface area contributed by atoms with E-state index in [4.69, 9.17) is 0 Å². The highest BCUT2D eigenvalue weighted by Crippen LogP contribution is 2.12. The predicted octanol–water partition coefficient (Wildman–Crippen LogP) is 2.71. The van der Waals surface area contributed by atoms with Crippen LogP contribution in [0.4, 0.5) is 4.39 Å². The number of ether oxygens (including phenoxy) is 1. The highest BCUT2D eigenvalue weighted by atomic mass is 19.1. The molecule has 80 valence electrons. The summed E-state index contributed by atoms with van der Waals surface area (Å²) in [6, 6.07) is 4.54. The molecule has 0 spiro atoms. The molecule has 1 rings (SSSR count). The van der Waals surface area contributed by atoms with Crippen LogP contribution in [0.3, 0.4) is 0 Å². The Balaban J connectivity index is 2.71. The van der Waals surface area contributed by atoms with E-state index in [0.29, 0.717) is 0 Å². The van der Waals surface area contributed by atoms with Crippen LogP contribution in [-0.2, 0) is 9.53 Å². The summed E-state index contributed by atoms with van der Waals surface area (Å²) in [5, 5.41) is 0. The normalized spacial score (nSPS) is 10.6. The van der Waals surface area contributed by atoms with Crippen LogP contribution in [0.1, 0.15) is 17.5 Å². The average molecular weight is 208 g/mol. The van der Waals surface area contributed by atoms with Gasteiger partial charge in [-0.05, 0) is 30.2 Å². The van der Waals surface area contributed by atoms with Gasteiger partial charge in [-0.1, -0.05) is 18.2 Å². The number of benzene rings is 1. The van der Waals surface area contributed by atoms with Crippen molar-refractivity contribution >= 4 is 12.0 Å². The van der Waals surface area contributed by atoms with Crippen molar-refractivity contribution in [3.05, 3.63) is 41.2 Å². The van der Waals surface area contributed by atoms with E-state index >= 15 is 0 Å². The van der Waals surface area contributed by atoms with Crippen molar-refractivity contribution in [3.8, 4) is 0 Å². The van der Waals surface area contributed by atoms with Gasteiger partial charge in [-0.2, -0.15) is 0 Å². The van der Waals surface area contributed by atoms with Crippen molar-refractivity contribution in [1.29, 1.82) is 0 Å². The third-order valence-electron chi connectivity index (χ3n) is 2.05. The zero-order valence-corrected chi connectivity index (χ0v) is 8.79. The molecule has 0 N–H and O–H groups in total. The molecule has 0 saturated heterocycles. The lowest BCUT2D eigenvalue weighted by Gasteiger charge is -1.99. The maximum Gasteiger partial charge on any atom is 0.309 e. The maximum atomic E-state index is 12.9. The quantitative estimate of drug-likeness (QED) is 0.714. The first-order valence-electron chi connectivity index (χ1n) is 4.63. The summed E-state index contributed by atoms with van der Waals surface area (Å²) in [5.74, 6) is -0.585. The van der Waals surface area contributed by atoms with Crippen molar-refractivity contribution < 1.29 is 13.9 Å². The van der Waals surface area contributed by atoms with E-state index in [1.54, 1.807) is 18.2 Å². The molecule has 0 aliphatic rings. The van der Waals surface area contributed by atoms with Crippen LogP contribution in [0.2, 0.25) is 0 Å². The monoisotopic (exact) mass is 208 g/mol. The van der Waals surface area contributed by atoms with Gasteiger partial charge in [-0.15, -0.1) is 0 Å². The minimum Gasteiger partial charge on any atom is -0.469 e. The second kappa shape index (κ2) is 5.29. The molecule has 0 radical (unpaired) electrons. The molecule has 0 atom stereocenters. The number of esters is 1. The van der Waals surface area contributed by atoms with Gasteiger partial charge in [-0.3, -0.25) is 4.79 Å². The Morgan fingerprint density at radius 2 is 2.27 bits per heavy atom. The molecule has 0 amide bonds. The van der Waals surface area contributed by atoms with Gasteiger partial charge in [-0.25, -0.2) is 4.39 Å². The van der Waals surface area contributed by atoms with E-state index in [1.165, 1.54) is 19.2 Å². The van der Waals surface area contributed by atoms with Crippen LogP contribution in [0.25, 0.3) is 6.08 Å². The summed E-state index contributed by atoms with van der Waals surface area (Å²) >= 11 is 0. The SMILES string of the molecule is COC(=O)CC=Cc1cc(F)ccc1C. The largest absolute Gasteiger partial charge is 0.469 e. The zero-order valence-electron chi connectivity index (χ0n) is 8.79. The molecule has 1 aromatic rings. The van der Waals surface area contributed by atoms with Crippen molar-refractivity contribution in [2.75, 3.05) is 7.11 Å². The van der Waals surface area contributed by atoms with E-state index in [9.17, 15) is 9.18 Å². The van der Waals surface area contributed by atoms with Gasteiger partial charge in [0, 0.05) is 0 Å². The Bertz CT molecular complexity index is 383. The van der Waals surface area contributed by atoms with Gasteiger partial charge in [0.15, 0.2) is 0 Å². The van der Waals surface area contributed by atoms with Crippen molar-refractivity contribution in [2.24, 2.45) is 0 Å². The number of halogens is 1. The van der Waals surface area contributed by atoms with Gasteiger partial charge in [0.25, 0.3) is 0 Å². The van der Waals surface area contributed by atoms with Crippen LogP contribution >= 0.6 is 0 Å². The minimum atomic E-state index is -0.305. The molecule has 0 aromatic heterocycles. The maximum absolute atomic E-state index is 12.9. The highest BCUT2D eigenvalue weighted by Gasteiger charge is 1.98. The molecule has 15 heavy (non-hydrogen) atoms. The lowest BCUT2D eigenvalue weighted by molar-refractivity contribution is -0.139. The smallest absolute Gasteiger partial charge is 0.309 e. The van der Waals surface area contributed by atoms with Gasteiger partial charge in [0.05, 0.1) is 13.5 Å². The molecule has 2 nitrogen and oxygen atoms in total. The summed E-state index contributed by atoms with van der Waals surface area (Å²) in [6.45, 7) is 1.89. The van der Waals surface area contributed by atoms with E-state index < -0.39 is 0 Å². The standard InChI is InChI=1S/C12H13FO2/c1-9-6-7-11(13)8-10(9)4-3-5-12(14)15-2/h3-4,6-8H,5H2,1-2H3. The molecule has 0 heterocycles. The molecule has 0 saturated carbocycles. The Labute approximate surface area is 88.4 Å². The van der Waals surface area contributed by atoms with Gasteiger partial charge >= 0.3 is 5.97 Å². The van der Waals surface area contributed by atoms with E-state index in [2.05, 4.69) is 4.74 Å². The highest BCUT2D eigenvalue weighted by molar-refractivity contribution is 5.72. The number of carbonyl (C=O) groups excluding carboxylic acids is 1. The third kappa shape index (κ3) is 3.54. The minimum absolute atomic E-state index is 0.201. The first-order chi connectivity index (χ1) is 7.13. The number of methoxy groups -OCH3 is 1. The Morgan fingerprint density at radius 1 is 1.53 bits per heavy atom. The number of hydrogen-bond acceptors (Lipinski definition) is 2. The second-order valence-electron chi connectivity index (χ2n) is 3.18. The molecule has 1 aromatic carbocycles. The lowest BCUT2D eigenvalue weighted by atomic mass is 10.1. The Hall–Kier alpha value is -1.64. The van der Waals surface area contributed by atoms with E-state index in [0.717, 1.165) is 11.1 Å². The van der Waals surface area contributed by atoms with Gasteiger partial charge in [0.1, 0.15) is 5.82 Å². The molecule has 0 bridgehead atoms. The Kier molecular flexibility index (Phi) is 4.03. The number of aryl methyl sites for hydroxylation is 1. The van der Waals surface area contributed by atoms with Gasteiger partial charge in [0.2, 0.25) is 0 Å². The van der Waals surface area contributed by atoms with Crippen LogP contribution in [0.15, 0.2) is 24.3 Å². The van der Waals surface area contributed by atoms with Crippen molar-refractivity contribution in [3.63, 3.8) is 0 Å². The topological polar surface area (TPSA) is 26.3 Å². The fraction of sp³-hybridized carbons (Fsp3) is 0.250. The first-order valence-corrected chi connectivity index (χ1v) is 4.63.